The van der Waals surface area contributed by atoms with E-state index < -0.39 is 5.82 Å². The molecular weight excluding hydrogens is 352 g/mol. The van der Waals surface area contributed by atoms with E-state index in [0.717, 1.165) is 5.69 Å². The van der Waals surface area contributed by atoms with E-state index in [2.05, 4.69) is 15.6 Å². The van der Waals surface area contributed by atoms with Gasteiger partial charge in [-0.15, -0.1) is 0 Å². The van der Waals surface area contributed by atoms with E-state index >= 15 is 0 Å². The lowest BCUT2D eigenvalue weighted by molar-refractivity contribution is 0.604. The van der Waals surface area contributed by atoms with Crippen molar-refractivity contribution >= 4 is 29.2 Å². The Morgan fingerprint density at radius 2 is 2.00 bits per heavy atom. The van der Waals surface area contributed by atoms with Gasteiger partial charge in [-0.25, -0.2) is 4.39 Å². The number of nitrogens with one attached hydrogen (secondary N) is 2. The summed E-state index contributed by atoms with van der Waals surface area (Å²) in [5.74, 6) is 0.0743. The van der Waals surface area contributed by atoms with E-state index in [1.165, 1.54) is 6.07 Å². The van der Waals surface area contributed by atoms with Gasteiger partial charge < -0.3 is 15.2 Å². The maximum atomic E-state index is 13.9. The summed E-state index contributed by atoms with van der Waals surface area (Å²) in [4.78, 5) is 4.08. The number of guanidine groups is 1. The maximum absolute atomic E-state index is 13.9. The number of halogens is 3. The van der Waals surface area contributed by atoms with Crippen molar-refractivity contribution in [2.24, 2.45) is 12.0 Å². The minimum Gasteiger partial charge on any atom is -0.352 e. The molecule has 0 spiro atoms. The Hall–Kier alpha value is -2.23. The summed E-state index contributed by atoms with van der Waals surface area (Å²) >= 11 is 12.0. The molecule has 0 unspecified atom stereocenters. The third-order valence-corrected chi connectivity index (χ3v) is 4.35. The van der Waals surface area contributed by atoms with Gasteiger partial charge in [-0.2, -0.15) is 5.26 Å². The molecule has 0 atom stereocenters. The smallest absolute Gasteiger partial charge is 0.191 e. The Morgan fingerprint density at radius 1 is 1.29 bits per heavy atom. The molecule has 8 heteroatoms. The van der Waals surface area contributed by atoms with E-state index in [9.17, 15) is 4.39 Å². The molecule has 24 heavy (non-hydrogen) atoms. The third-order valence-electron chi connectivity index (χ3n) is 3.50. The molecule has 0 bridgehead atoms. The molecule has 1 aromatic heterocycles. The lowest BCUT2D eigenvalue weighted by atomic mass is 10.1. The Bertz CT molecular complexity index is 808. The van der Waals surface area contributed by atoms with Crippen molar-refractivity contribution in [2.75, 3.05) is 7.05 Å². The van der Waals surface area contributed by atoms with Crippen LogP contribution >= 0.6 is 23.2 Å². The van der Waals surface area contributed by atoms with Crippen molar-refractivity contribution in [1.29, 1.82) is 5.26 Å². The molecule has 126 valence electrons. The predicted octanol–water partition coefficient (Wildman–Crippen LogP) is 3.21. The quantitative estimate of drug-likeness (QED) is 0.644. The molecule has 0 aliphatic rings. The topological polar surface area (TPSA) is 65.1 Å². The van der Waals surface area contributed by atoms with Gasteiger partial charge in [0.25, 0.3) is 0 Å². The first kappa shape index (κ1) is 18.1. The maximum Gasteiger partial charge on any atom is 0.191 e. The second-order valence-electron chi connectivity index (χ2n) is 5.03. The molecular formula is C16H16Cl2FN5. The van der Waals surface area contributed by atoms with Gasteiger partial charge in [0.15, 0.2) is 5.96 Å². The molecule has 0 fully saturated rings. The van der Waals surface area contributed by atoms with Crippen LogP contribution < -0.4 is 10.6 Å². The number of nitrogens with zero attached hydrogens (tertiary/aromatic N) is 3. The summed E-state index contributed by atoms with van der Waals surface area (Å²) in [5.41, 5.74) is 1.62. The lowest BCUT2D eigenvalue weighted by Crippen LogP contribution is -2.36. The Balaban J connectivity index is 1.96. The largest absolute Gasteiger partial charge is 0.352 e. The van der Waals surface area contributed by atoms with Crippen LogP contribution in [0.5, 0.6) is 0 Å². The number of benzene rings is 1. The molecule has 1 aromatic carbocycles. The van der Waals surface area contributed by atoms with E-state index in [0.29, 0.717) is 28.2 Å². The first-order valence-electron chi connectivity index (χ1n) is 7.09. The van der Waals surface area contributed by atoms with Crippen molar-refractivity contribution in [2.45, 2.75) is 13.1 Å². The summed E-state index contributed by atoms with van der Waals surface area (Å²) in [7, 11) is 3.43. The summed E-state index contributed by atoms with van der Waals surface area (Å²) in [5, 5.41) is 15.8. The van der Waals surface area contributed by atoms with Crippen LogP contribution in [-0.2, 0) is 20.1 Å². The number of rotatable bonds is 4. The summed E-state index contributed by atoms with van der Waals surface area (Å²) < 4.78 is 15.6. The average Bonchev–Trinajstić information content (AvgIpc) is 2.83. The Morgan fingerprint density at radius 3 is 2.54 bits per heavy atom. The van der Waals surface area contributed by atoms with Crippen molar-refractivity contribution in [1.82, 2.24) is 15.2 Å². The van der Waals surface area contributed by atoms with Gasteiger partial charge in [-0.3, -0.25) is 4.99 Å². The predicted molar refractivity (Wildman–Crippen MR) is 93.6 cm³/mol. The fraction of sp³-hybridized carbons (Fsp3) is 0.250. The summed E-state index contributed by atoms with van der Waals surface area (Å²) in [6.07, 6.45) is 0. The van der Waals surface area contributed by atoms with Gasteiger partial charge in [-0.05, 0) is 18.2 Å². The molecule has 2 N–H and O–H groups in total. The minimum absolute atomic E-state index is 0.242. The van der Waals surface area contributed by atoms with Gasteiger partial charge in [0, 0.05) is 31.9 Å². The fourth-order valence-corrected chi connectivity index (χ4v) is 2.51. The number of hydrogen-bond donors (Lipinski definition) is 2. The SMILES string of the molecule is CN=C(NCc1ccc(C#N)cc1F)NCc1cc(Cl)c(Cl)n1C. The highest BCUT2D eigenvalue weighted by Crippen LogP contribution is 2.24. The number of hydrogen-bond acceptors (Lipinski definition) is 2. The zero-order valence-corrected chi connectivity index (χ0v) is 14.7. The molecule has 0 aliphatic carbocycles. The highest BCUT2D eigenvalue weighted by molar-refractivity contribution is 6.41. The molecule has 0 radical (unpaired) electrons. The van der Waals surface area contributed by atoms with Crippen LogP contribution in [0, 0.1) is 17.1 Å². The second-order valence-corrected chi connectivity index (χ2v) is 5.80. The first-order chi connectivity index (χ1) is 11.5. The van der Waals surface area contributed by atoms with Crippen LogP contribution in [0.15, 0.2) is 29.3 Å². The van der Waals surface area contributed by atoms with Crippen LogP contribution in [0.25, 0.3) is 0 Å². The van der Waals surface area contributed by atoms with E-state index in [4.69, 9.17) is 28.5 Å². The zero-order valence-electron chi connectivity index (χ0n) is 13.2. The molecule has 0 saturated carbocycles. The fourth-order valence-electron chi connectivity index (χ4n) is 2.09. The molecule has 2 aromatic rings. The summed E-state index contributed by atoms with van der Waals surface area (Å²) in [6.45, 7) is 0.699. The van der Waals surface area contributed by atoms with Crippen LogP contribution in [0.3, 0.4) is 0 Å². The Kier molecular flexibility index (Phi) is 6.07. The number of aromatic nitrogens is 1. The van der Waals surface area contributed by atoms with Crippen LogP contribution in [-0.4, -0.2) is 17.6 Å². The second kappa shape index (κ2) is 8.04. The number of nitriles is 1. The molecule has 2 rings (SSSR count). The first-order valence-corrected chi connectivity index (χ1v) is 7.84. The monoisotopic (exact) mass is 367 g/mol. The van der Waals surface area contributed by atoms with Crippen molar-refractivity contribution in [3.05, 3.63) is 57.1 Å². The van der Waals surface area contributed by atoms with E-state index in [1.807, 2.05) is 13.1 Å². The minimum atomic E-state index is -0.432. The van der Waals surface area contributed by atoms with Crippen LogP contribution in [0.4, 0.5) is 4.39 Å². The molecule has 0 saturated heterocycles. The normalized spacial score (nSPS) is 11.2. The zero-order chi connectivity index (χ0) is 17.7. The van der Waals surface area contributed by atoms with Crippen LogP contribution in [0.2, 0.25) is 10.2 Å². The van der Waals surface area contributed by atoms with Gasteiger partial charge in [0.2, 0.25) is 0 Å². The number of aliphatic imine (C=N–C) groups is 1. The third kappa shape index (κ3) is 4.19. The van der Waals surface area contributed by atoms with E-state index in [-0.39, 0.29) is 12.1 Å². The summed E-state index contributed by atoms with van der Waals surface area (Å²) in [6, 6.07) is 8.03. The van der Waals surface area contributed by atoms with E-state index in [1.54, 1.807) is 29.8 Å². The average molecular weight is 368 g/mol. The molecule has 1 heterocycles. The van der Waals surface area contributed by atoms with Crippen molar-refractivity contribution in [3.63, 3.8) is 0 Å². The van der Waals surface area contributed by atoms with Crippen molar-refractivity contribution in [3.8, 4) is 6.07 Å². The molecule has 5 nitrogen and oxygen atoms in total. The molecule has 0 aliphatic heterocycles. The van der Waals surface area contributed by atoms with Gasteiger partial charge in [0.1, 0.15) is 11.0 Å². The highest BCUT2D eigenvalue weighted by atomic mass is 35.5. The van der Waals surface area contributed by atoms with Crippen molar-refractivity contribution < 1.29 is 4.39 Å². The lowest BCUT2D eigenvalue weighted by Gasteiger charge is -2.13. The van der Waals surface area contributed by atoms with Gasteiger partial charge in [-0.1, -0.05) is 29.3 Å². The van der Waals surface area contributed by atoms with Gasteiger partial charge >= 0.3 is 0 Å². The van der Waals surface area contributed by atoms with Gasteiger partial charge in [0.05, 0.1) is 23.2 Å². The Labute approximate surface area is 149 Å². The molecule has 0 amide bonds. The van der Waals surface area contributed by atoms with Crippen LogP contribution in [0.1, 0.15) is 16.8 Å². The highest BCUT2D eigenvalue weighted by Gasteiger charge is 2.10. The standard InChI is InChI=1S/C16H16Cl2FN5/c1-21-16(23-9-12-6-13(17)15(18)24(12)2)22-8-11-4-3-10(7-20)5-14(11)19/h3-6H,8-9H2,1-2H3,(H2,21,22,23).